The lowest BCUT2D eigenvalue weighted by Crippen LogP contribution is -2.57. The second-order valence-electron chi connectivity index (χ2n) is 9.28. The number of benzene rings is 1. The van der Waals surface area contributed by atoms with Crippen LogP contribution in [0.5, 0.6) is 0 Å². The smallest absolute Gasteiger partial charge is 0.326 e. The maximum atomic E-state index is 13.2. The lowest BCUT2D eigenvalue weighted by Gasteiger charge is -2.26. The Hall–Kier alpha value is -3.51. The van der Waals surface area contributed by atoms with Crippen LogP contribution in [-0.2, 0) is 30.4 Å². The van der Waals surface area contributed by atoms with Crippen LogP contribution in [0.3, 0.4) is 0 Å². The molecule has 0 aromatic heterocycles. The molecule has 12 heteroatoms. The number of primary amides is 1. The van der Waals surface area contributed by atoms with E-state index in [-0.39, 0.29) is 25.7 Å². The van der Waals surface area contributed by atoms with Crippen LogP contribution in [0.1, 0.15) is 51.5 Å². The molecule has 0 saturated heterocycles. The number of hydrogen-bond acceptors (Lipinski definition) is 7. The van der Waals surface area contributed by atoms with Gasteiger partial charge in [-0.25, -0.2) is 4.79 Å². The topological polar surface area (TPSA) is 220 Å². The predicted molar refractivity (Wildman–Crippen MR) is 138 cm³/mol. The van der Waals surface area contributed by atoms with Gasteiger partial charge in [0, 0.05) is 6.42 Å². The molecule has 1 aromatic rings. The number of unbranched alkanes of at least 4 members (excludes halogenated alkanes) is 1. The van der Waals surface area contributed by atoms with Gasteiger partial charge in [0.2, 0.25) is 23.6 Å². The van der Waals surface area contributed by atoms with Crippen LogP contribution >= 0.6 is 0 Å². The Morgan fingerprint density at radius 3 is 1.97 bits per heavy atom. The summed E-state index contributed by atoms with van der Waals surface area (Å²) in [6.45, 7) is 3.64. The normalized spacial score (nSPS) is 14.2. The molecule has 4 atom stereocenters. The first-order chi connectivity index (χ1) is 17.5. The van der Waals surface area contributed by atoms with Crippen molar-refractivity contribution >= 4 is 29.6 Å². The second-order valence-corrected chi connectivity index (χ2v) is 9.28. The monoisotopic (exact) mass is 520 g/mol. The van der Waals surface area contributed by atoms with E-state index >= 15 is 0 Å². The van der Waals surface area contributed by atoms with Crippen LogP contribution in [0.25, 0.3) is 0 Å². The molecule has 37 heavy (non-hydrogen) atoms. The zero-order valence-electron chi connectivity index (χ0n) is 21.4. The summed E-state index contributed by atoms with van der Waals surface area (Å²) in [6.07, 6.45) is 1.27. The van der Waals surface area contributed by atoms with Gasteiger partial charge in [-0.2, -0.15) is 0 Å². The SMILES string of the molecule is CC(C)C(NC(=O)C(CCC(N)=O)NC(=O)C(CCCCN)NC(=O)C(N)Cc1ccccc1)C(=O)O. The van der Waals surface area contributed by atoms with E-state index in [1.54, 1.807) is 13.8 Å². The Morgan fingerprint density at radius 2 is 1.43 bits per heavy atom. The van der Waals surface area contributed by atoms with Crippen LogP contribution in [-0.4, -0.2) is 65.4 Å². The maximum absolute atomic E-state index is 13.2. The summed E-state index contributed by atoms with van der Waals surface area (Å²) in [5, 5.41) is 17.0. The molecule has 0 bridgehead atoms. The summed E-state index contributed by atoms with van der Waals surface area (Å²) in [7, 11) is 0. The van der Waals surface area contributed by atoms with Gasteiger partial charge >= 0.3 is 5.97 Å². The van der Waals surface area contributed by atoms with Crippen LogP contribution < -0.4 is 33.2 Å². The predicted octanol–water partition coefficient (Wildman–Crippen LogP) is -0.854. The molecule has 0 aliphatic rings. The molecule has 10 N–H and O–H groups in total. The van der Waals surface area contributed by atoms with Gasteiger partial charge in [-0.3, -0.25) is 19.2 Å². The summed E-state index contributed by atoms with van der Waals surface area (Å²) in [5.74, 6) is -4.33. The summed E-state index contributed by atoms with van der Waals surface area (Å²) in [4.78, 5) is 61.6. The van der Waals surface area contributed by atoms with Gasteiger partial charge in [-0.1, -0.05) is 44.2 Å². The largest absolute Gasteiger partial charge is 0.480 e. The Balaban J connectivity index is 2.99. The molecule has 0 aliphatic carbocycles. The molecule has 0 fully saturated rings. The number of carbonyl (C=O) groups is 5. The third-order valence-corrected chi connectivity index (χ3v) is 5.76. The molecule has 4 amide bonds. The standard InChI is InChI=1S/C25H40N6O6/c1-15(2)21(25(36)37)31-24(35)19(11-12-20(28)32)30-23(34)18(10-6-7-13-26)29-22(33)17(27)14-16-8-4-3-5-9-16/h3-5,8-9,15,17-19,21H,6-7,10-14,26-27H2,1-2H3,(H2,28,32)(H,29,33)(H,30,34)(H,31,35)(H,36,37). The van der Waals surface area contributed by atoms with E-state index in [9.17, 15) is 29.1 Å². The van der Waals surface area contributed by atoms with Crippen molar-refractivity contribution in [3.05, 3.63) is 35.9 Å². The minimum absolute atomic E-state index is 0.145. The number of nitrogens with one attached hydrogen (secondary N) is 3. The molecule has 0 spiro atoms. The van der Waals surface area contributed by atoms with Crippen molar-refractivity contribution in [2.24, 2.45) is 23.1 Å². The highest BCUT2D eigenvalue weighted by Gasteiger charge is 2.31. The molecule has 0 radical (unpaired) electrons. The highest BCUT2D eigenvalue weighted by Crippen LogP contribution is 2.08. The molecule has 0 heterocycles. The number of carboxylic acids is 1. The van der Waals surface area contributed by atoms with Crippen molar-refractivity contribution in [2.75, 3.05) is 6.54 Å². The van der Waals surface area contributed by atoms with Crippen LogP contribution in [0.2, 0.25) is 0 Å². The fourth-order valence-corrected chi connectivity index (χ4v) is 3.60. The van der Waals surface area contributed by atoms with Crippen molar-refractivity contribution in [1.29, 1.82) is 0 Å². The Kier molecular flexibility index (Phi) is 13.9. The number of carboxylic acid groups (broad SMARTS) is 1. The highest BCUT2D eigenvalue weighted by atomic mass is 16.4. The molecule has 12 nitrogen and oxygen atoms in total. The lowest BCUT2D eigenvalue weighted by atomic mass is 10.0. The molecule has 4 unspecified atom stereocenters. The van der Waals surface area contributed by atoms with E-state index in [2.05, 4.69) is 16.0 Å². The summed E-state index contributed by atoms with van der Waals surface area (Å²) in [5.41, 5.74) is 17.7. The van der Waals surface area contributed by atoms with Crippen molar-refractivity contribution in [2.45, 2.75) is 76.5 Å². The zero-order chi connectivity index (χ0) is 28.0. The fraction of sp³-hybridized carbons (Fsp3) is 0.560. The Bertz CT molecular complexity index is 910. The second kappa shape index (κ2) is 16.3. The number of rotatable bonds is 17. The molecule has 1 rings (SSSR count). The van der Waals surface area contributed by atoms with Gasteiger partial charge in [-0.15, -0.1) is 0 Å². The van der Waals surface area contributed by atoms with Gasteiger partial charge in [-0.05, 0) is 50.1 Å². The molecule has 0 aliphatic heterocycles. The number of hydrogen-bond donors (Lipinski definition) is 7. The van der Waals surface area contributed by atoms with Crippen molar-refractivity contribution < 1.29 is 29.1 Å². The summed E-state index contributed by atoms with van der Waals surface area (Å²) >= 11 is 0. The van der Waals surface area contributed by atoms with Crippen molar-refractivity contribution in [1.82, 2.24) is 16.0 Å². The Morgan fingerprint density at radius 1 is 0.865 bits per heavy atom. The van der Waals surface area contributed by atoms with E-state index in [4.69, 9.17) is 17.2 Å². The van der Waals surface area contributed by atoms with Gasteiger partial charge in [0.05, 0.1) is 6.04 Å². The Labute approximate surface area is 217 Å². The van der Waals surface area contributed by atoms with E-state index in [0.717, 1.165) is 5.56 Å². The summed E-state index contributed by atoms with van der Waals surface area (Å²) < 4.78 is 0. The highest BCUT2D eigenvalue weighted by molar-refractivity contribution is 5.94. The number of aliphatic carboxylic acids is 1. The fourth-order valence-electron chi connectivity index (χ4n) is 3.60. The third-order valence-electron chi connectivity index (χ3n) is 5.76. The molecular formula is C25H40N6O6. The summed E-state index contributed by atoms with van der Waals surface area (Å²) in [6, 6.07) is 4.79. The van der Waals surface area contributed by atoms with E-state index in [0.29, 0.717) is 19.4 Å². The van der Waals surface area contributed by atoms with Gasteiger partial charge in [0.15, 0.2) is 0 Å². The average Bonchev–Trinajstić information content (AvgIpc) is 2.84. The van der Waals surface area contributed by atoms with Crippen molar-refractivity contribution in [3.8, 4) is 0 Å². The molecule has 0 saturated carbocycles. The van der Waals surface area contributed by atoms with Gasteiger partial charge < -0.3 is 38.3 Å². The first kappa shape index (κ1) is 31.5. The zero-order valence-corrected chi connectivity index (χ0v) is 21.4. The number of amides is 4. The quantitative estimate of drug-likeness (QED) is 0.128. The van der Waals surface area contributed by atoms with Crippen LogP contribution in [0.15, 0.2) is 30.3 Å². The van der Waals surface area contributed by atoms with Gasteiger partial charge in [0.1, 0.15) is 18.1 Å². The first-order valence-corrected chi connectivity index (χ1v) is 12.4. The molecular weight excluding hydrogens is 480 g/mol. The average molecular weight is 521 g/mol. The minimum Gasteiger partial charge on any atom is -0.480 e. The lowest BCUT2D eigenvalue weighted by molar-refractivity contribution is -0.143. The minimum atomic E-state index is -1.24. The van der Waals surface area contributed by atoms with E-state index in [1.165, 1.54) is 0 Å². The number of nitrogens with two attached hydrogens (primary N) is 3. The first-order valence-electron chi connectivity index (χ1n) is 12.4. The van der Waals surface area contributed by atoms with Crippen LogP contribution in [0.4, 0.5) is 0 Å². The van der Waals surface area contributed by atoms with Crippen LogP contribution in [0, 0.1) is 5.92 Å². The molecule has 1 aromatic carbocycles. The van der Waals surface area contributed by atoms with Crippen molar-refractivity contribution in [3.63, 3.8) is 0 Å². The third kappa shape index (κ3) is 11.8. The van der Waals surface area contributed by atoms with Gasteiger partial charge in [0.25, 0.3) is 0 Å². The number of carbonyl (C=O) groups excluding carboxylic acids is 4. The molecule has 206 valence electrons. The van der Waals surface area contributed by atoms with E-state index < -0.39 is 59.7 Å². The van der Waals surface area contributed by atoms with E-state index in [1.807, 2.05) is 30.3 Å². The maximum Gasteiger partial charge on any atom is 0.326 e.